The number of nitrogens with zero attached hydrogens (tertiary/aromatic N) is 18. The van der Waals surface area contributed by atoms with E-state index in [1.54, 1.807) is 125 Å². The number of alkyl halides is 1. The van der Waals surface area contributed by atoms with Crippen LogP contribution in [0.5, 0.6) is 0 Å². The molecule has 0 saturated heterocycles. The SMILES string of the molecule is C#CCBr.C#CCn1ncc2c3sc(C(c4ccccc4)c4ccccn4)nc3n(C)c2c1=O.C#CCn1ncc2c3sc(Cc4ccccn4)nc3n(C)c2c1=O.C#CCn1ncc2c3sc(S(C)(=O)=O)nc3n(C)c2c1=O.Cn1c2nc(S(C)(=O)=O)sc2c2cn[nH]c(=O)c21.O=S(=O)(Cc1ccccn1)c1ccccc1.O=S=O. The standard InChI is InChI=1S/C23H17N5OS.C17H13N5OS.C12H10N4O3S2.C12H11NO2S.C9H8N4O3S2.C3H3Br.O2S/c1-3-13-28-23(29)19-16(14-25-28)20-21(27(19)2)26-22(30-20)18(15-9-5-4-6-10-15)17-11-7-8-12-24-17;1-3-8-22-17(23)14-12(10-19-22)15-16(21(14)2)20-13(24-15)9-11-6-4-5-7-18-11;1-4-5-16-11(17)8-7(6-13-16)9-10(15(8)2)14-12(20-9)21(3,18)19;14-16(15,12-7-2-1-3-8-12)10-11-6-4-5-9-13-11;1-13-5-4(3-10-12-8(5)14)6-7(13)11-9(17-6)18(2,15)16;1-2-3-4;1-3-2/h1,4-12,14,18H,13H2,2H3;1,4-7,10H,8-9H2,2H3;1,6H,5H2,2-3H3;1-9H,10H2;3H,1-2H3,(H,12,14);1H,3H2;. The van der Waals surface area contributed by atoms with Crippen LogP contribution in [-0.2, 0) is 101 Å². The van der Waals surface area contributed by atoms with E-state index in [1.807, 2.05) is 77.8 Å². The Morgan fingerprint density at radius 2 is 0.879 bits per heavy atom. The van der Waals surface area contributed by atoms with Gasteiger partial charge >= 0.3 is 11.6 Å². The Hall–Kier alpha value is -12.5. The first-order valence-electron chi connectivity index (χ1n) is 33.6. The number of sulfone groups is 3. The molecule has 1 atom stereocenters. The fourth-order valence-electron chi connectivity index (χ4n) is 11.9. The molecule has 588 valence electrons. The van der Waals surface area contributed by atoms with Crippen LogP contribution >= 0.6 is 61.3 Å². The molecule has 0 aliphatic rings. The number of rotatable bonds is 13. The number of nitrogens with one attached hydrogen (secondary N) is 1. The molecular formula is C76H62BrN19O12S8. The van der Waals surface area contributed by atoms with Gasteiger partial charge in [0.05, 0.1) is 76.9 Å². The molecule has 31 nitrogen and oxygen atoms in total. The van der Waals surface area contributed by atoms with Crippen molar-refractivity contribution in [2.24, 2.45) is 28.2 Å². The maximum absolute atomic E-state index is 12.8. The third kappa shape index (κ3) is 18.2. The smallest absolute Gasteiger partial charge is 0.323 e. The van der Waals surface area contributed by atoms with Crippen molar-refractivity contribution in [2.45, 2.75) is 51.3 Å². The van der Waals surface area contributed by atoms with E-state index in [1.165, 1.54) is 26.4 Å². The number of hydrogen-bond acceptors (Lipinski definition) is 27. The normalized spacial score (nSPS) is 11.4. The Labute approximate surface area is 687 Å². The molecule has 0 fully saturated rings. The summed E-state index contributed by atoms with van der Waals surface area (Å²) in [7, 11) is -2.97. The van der Waals surface area contributed by atoms with E-state index in [2.05, 4.69) is 107 Å². The second-order valence-electron chi connectivity index (χ2n) is 24.6. The van der Waals surface area contributed by atoms with Crippen molar-refractivity contribution in [3.8, 4) is 49.4 Å². The van der Waals surface area contributed by atoms with E-state index in [4.69, 9.17) is 39.1 Å². The molecule has 1 N–H and O–H groups in total. The molecule has 1 unspecified atom stereocenters. The summed E-state index contributed by atoms with van der Waals surface area (Å²) < 4.78 is 100. The topological polar surface area (TPSA) is 397 Å². The number of hydrogen-bond donors (Lipinski definition) is 1. The average molecular weight is 1770 g/mol. The van der Waals surface area contributed by atoms with Gasteiger partial charge in [0.15, 0.2) is 32.4 Å². The van der Waals surface area contributed by atoms with Gasteiger partial charge in [0.1, 0.15) is 51.7 Å². The maximum atomic E-state index is 12.8. The third-order valence-corrected chi connectivity index (χ3v) is 26.7. The van der Waals surface area contributed by atoms with E-state index < -0.39 is 41.1 Å². The van der Waals surface area contributed by atoms with Gasteiger partial charge in [0.2, 0.25) is 28.4 Å². The highest BCUT2D eigenvalue weighted by molar-refractivity contribution is 9.09. The molecule has 0 amide bonds. The molecule has 0 radical (unpaired) electrons. The lowest BCUT2D eigenvalue weighted by Crippen LogP contribution is -2.23. The highest BCUT2D eigenvalue weighted by atomic mass is 79.9. The summed E-state index contributed by atoms with van der Waals surface area (Å²) >= 11 is 7.49. The molecule has 0 bridgehead atoms. The van der Waals surface area contributed by atoms with Crippen LogP contribution in [0.3, 0.4) is 0 Å². The first kappa shape index (κ1) is 84.4. The number of aromatic amines is 1. The lowest BCUT2D eigenvalue weighted by atomic mass is 9.96. The van der Waals surface area contributed by atoms with Gasteiger partial charge < -0.3 is 18.3 Å². The summed E-state index contributed by atoms with van der Waals surface area (Å²) in [6.45, 7) is 0.379. The Balaban J connectivity index is 0.000000142. The molecule has 0 aliphatic carbocycles. The fourth-order valence-corrected chi connectivity index (χ4v) is 19.5. The van der Waals surface area contributed by atoms with Crippen LogP contribution in [0.25, 0.3) is 85.0 Å². The van der Waals surface area contributed by atoms with Gasteiger partial charge in [0.25, 0.3) is 22.2 Å². The van der Waals surface area contributed by atoms with Gasteiger partial charge in [-0.05, 0) is 54.1 Å². The number of aromatic nitrogens is 19. The number of halogens is 1. The molecule has 17 rings (SSSR count). The maximum Gasteiger partial charge on any atom is 0.335 e. The van der Waals surface area contributed by atoms with E-state index in [0.29, 0.717) is 75.9 Å². The first-order valence-corrected chi connectivity index (χ1v) is 44.1. The van der Waals surface area contributed by atoms with E-state index in [0.717, 1.165) is 93.6 Å². The number of fused-ring (bicyclic) bond motifs is 12. The molecular weight excluding hydrogens is 1710 g/mol. The van der Waals surface area contributed by atoms with E-state index in [-0.39, 0.29) is 62.2 Å². The second-order valence-corrected chi connectivity index (χ2v) is 35.8. The number of aryl methyl sites for hydroxylation is 4. The molecule has 2 aromatic carbocycles. The van der Waals surface area contributed by atoms with Crippen molar-refractivity contribution in [3.05, 3.63) is 233 Å². The van der Waals surface area contributed by atoms with Gasteiger partial charge in [-0.15, -0.1) is 71.0 Å². The summed E-state index contributed by atoms with van der Waals surface area (Å²) in [6.07, 6.45) is 35.0. The number of benzene rings is 2. The summed E-state index contributed by atoms with van der Waals surface area (Å²) in [6, 6.07) is 35.6. The summed E-state index contributed by atoms with van der Waals surface area (Å²) in [5, 5.41) is 23.8. The van der Waals surface area contributed by atoms with Crippen LogP contribution in [0, 0.1) is 49.4 Å². The van der Waals surface area contributed by atoms with E-state index in [9.17, 15) is 44.4 Å². The minimum absolute atomic E-state index is 0.0257. The van der Waals surface area contributed by atoms with Crippen LogP contribution in [-0.4, -0.2) is 144 Å². The molecule has 0 spiro atoms. The minimum atomic E-state index is -3.38. The minimum Gasteiger partial charge on any atom is -0.323 e. The summed E-state index contributed by atoms with van der Waals surface area (Å²) in [5.74, 6) is 9.48. The zero-order valence-corrected chi connectivity index (χ0v) is 69.9. The number of H-pyrrole nitrogens is 1. The van der Waals surface area contributed by atoms with Crippen LogP contribution in [0.4, 0.5) is 0 Å². The quantitative estimate of drug-likeness (QED) is 0.0833. The lowest BCUT2D eigenvalue weighted by Gasteiger charge is -2.14. The summed E-state index contributed by atoms with van der Waals surface area (Å²) in [4.78, 5) is 80.4. The molecule has 0 aliphatic heterocycles. The zero-order valence-electron chi connectivity index (χ0n) is 61.7. The predicted molar refractivity (Wildman–Crippen MR) is 453 cm³/mol. The number of thiazole rings is 4. The van der Waals surface area contributed by atoms with Crippen molar-refractivity contribution in [2.75, 3.05) is 17.8 Å². The fraction of sp³-hybridized carbons (Fsp3) is 0.171. The number of pyridine rings is 3. The van der Waals surface area contributed by atoms with Crippen molar-refractivity contribution in [1.29, 1.82) is 0 Å². The molecule has 15 aromatic heterocycles. The van der Waals surface area contributed by atoms with Crippen LogP contribution < -0.4 is 22.2 Å². The van der Waals surface area contributed by atoms with Gasteiger partial charge in [-0.2, -0.15) is 28.8 Å². The average Bonchev–Trinajstić information content (AvgIpc) is 1.60. The Bertz CT molecular complexity index is 7350. The Kier molecular flexibility index (Phi) is 26.8. The Morgan fingerprint density at radius 3 is 1.31 bits per heavy atom. The van der Waals surface area contributed by atoms with Crippen molar-refractivity contribution in [1.82, 2.24) is 92.7 Å². The third-order valence-electron chi connectivity index (χ3n) is 17.0. The second kappa shape index (κ2) is 36.8. The van der Waals surface area contributed by atoms with E-state index >= 15 is 0 Å². The number of terminal acetylenes is 4. The highest BCUT2D eigenvalue weighted by Gasteiger charge is 2.28. The van der Waals surface area contributed by atoms with Gasteiger partial charge in [-0.3, -0.25) is 34.1 Å². The molecule has 116 heavy (non-hydrogen) atoms. The molecule has 0 saturated carbocycles. The zero-order chi connectivity index (χ0) is 83.3. The van der Waals surface area contributed by atoms with Crippen molar-refractivity contribution in [3.63, 3.8) is 0 Å². The summed E-state index contributed by atoms with van der Waals surface area (Å²) in [5.41, 5.74) is 7.03. The highest BCUT2D eigenvalue weighted by Crippen LogP contribution is 2.40. The van der Waals surface area contributed by atoms with Crippen molar-refractivity contribution < 1.29 is 33.7 Å². The molecule has 17 aromatic rings. The molecule has 40 heteroatoms. The van der Waals surface area contributed by atoms with Gasteiger partial charge in [-0.25, -0.2) is 64.3 Å². The first-order chi connectivity index (χ1) is 55.6. The van der Waals surface area contributed by atoms with Gasteiger partial charge in [-0.1, -0.05) is 106 Å². The van der Waals surface area contributed by atoms with Gasteiger partial charge in [0, 0.05) is 93.0 Å². The van der Waals surface area contributed by atoms with Crippen molar-refractivity contribution >= 4 is 187 Å². The lowest BCUT2D eigenvalue weighted by molar-refractivity contribution is 0.594. The predicted octanol–water partition coefficient (Wildman–Crippen LogP) is 8.57. The van der Waals surface area contributed by atoms with Crippen LogP contribution in [0.1, 0.15) is 38.6 Å². The monoisotopic (exact) mass is 1770 g/mol. The molecule has 15 heterocycles. The van der Waals surface area contributed by atoms with Crippen LogP contribution in [0.2, 0.25) is 0 Å². The Morgan fingerprint density at radius 1 is 0.483 bits per heavy atom. The largest absolute Gasteiger partial charge is 0.335 e. The van der Waals surface area contributed by atoms with Crippen LogP contribution in [0.15, 0.2) is 191 Å².